The molecule has 2 N–H and O–H groups in total. The number of pyridine rings is 1. The van der Waals surface area contributed by atoms with E-state index in [9.17, 15) is 18.0 Å². The summed E-state index contributed by atoms with van der Waals surface area (Å²) in [6, 6.07) is 15.2. The second kappa shape index (κ2) is 11.2. The molecule has 3 rings (SSSR count). The first-order valence-electron chi connectivity index (χ1n) is 11.4. The molecule has 2 aromatic carbocycles. The quantitative estimate of drug-likeness (QED) is 0.443. The van der Waals surface area contributed by atoms with Gasteiger partial charge in [0.1, 0.15) is 0 Å². The molecule has 1 aromatic heterocycles. The number of fused-ring (bicyclic) bond motifs is 1. The van der Waals surface area contributed by atoms with Crippen LogP contribution >= 0.6 is 0 Å². The smallest absolute Gasteiger partial charge is 0.252 e. The summed E-state index contributed by atoms with van der Waals surface area (Å²) in [5.74, 6) is -0.432. The largest absolute Gasteiger partial charge is 0.348 e. The standard InChI is InChI=1S/C25H31N3O4S/c1-3-5-14-28(15-6-4-2)33(31,32)20-12-13-23-21(16-20)22(17-24(29)27-23)25(30)26-18-19-10-8-7-9-11-19/h7-13,16-17H,3-6,14-15,18H2,1-2H3,(H,26,30)(H,27,29). The minimum atomic E-state index is -3.74. The number of amides is 1. The number of rotatable bonds is 11. The van der Waals surface area contributed by atoms with Gasteiger partial charge in [0.25, 0.3) is 5.91 Å². The van der Waals surface area contributed by atoms with Crippen molar-refractivity contribution in [3.05, 3.63) is 76.1 Å². The minimum Gasteiger partial charge on any atom is -0.348 e. The van der Waals surface area contributed by atoms with Crippen molar-refractivity contribution in [2.45, 2.75) is 51.0 Å². The fourth-order valence-electron chi connectivity index (χ4n) is 3.62. The lowest BCUT2D eigenvalue weighted by atomic mass is 10.1. The summed E-state index contributed by atoms with van der Waals surface area (Å²) in [4.78, 5) is 27.9. The number of hydrogen-bond donors (Lipinski definition) is 2. The molecule has 3 aromatic rings. The second-order valence-electron chi connectivity index (χ2n) is 8.03. The van der Waals surface area contributed by atoms with Crippen LogP contribution in [0.2, 0.25) is 0 Å². The molecule has 0 radical (unpaired) electrons. The maximum absolute atomic E-state index is 13.4. The van der Waals surface area contributed by atoms with Crippen LogP contribution in [0.5, 0.6) is 0 Å². The zero-order valence-electron chi connectivity index (χ0n) is 19.1. The number of carbonyl (C=O) groups is 1. The summed E-state index contributed by atoms with van der Waals surface area (Å²) in [7, 11) is -3.74. The van der Waals surface area contributed by atoms with Crippen molar-refractivity contribution in [1.29, 1.82) is 0 Å². The number of nitrogens with one attached hydrogen (secondary N) is 2. The van der Waals surface area contributed by atoms with E-state index in [1.807, 2.05) is 44.2 Å². The Morgan fingerprint density at radius 1 is 0.970 bits per heavy atom. The third-order valence-electron chi connectivity index (χ3n) is 5.51. The molecule has 0 fully saturated rings. The van der Waals surface area contributed by atoms with Crippen LogP contribution in [0, 0.1) is 0 Å². The Kier molecular flexibility index (Phi) is 8.41. The predicted octanol–water partition coefficient (Wildman–Crippen LogP) is 4.05. The number of aromatic nitrogens is 1. The fraction of sp³-hybridized carbons (Fsp3) is 0.360. The Hall–Kier alpha value is -2.97. The molecule has 0 atom stereocenters. The van der Waals surface area contributed by atoms with Gasteiger partial charge in [0.05, 0.1) is 10.5 Å². The van der Waals surface area contributed by atoms with E-state index in [0.717, 1.165) is 31.2 Å². The Morgan fingerprint density at radius 3 is 2.27 bits per heavy atom. The molecule has 1 amide bonds. The maximum Gasteiger partial charge on any atom is 0.252 e. The van der Waals surface area contributed by atoms with Crippen molar-refractivity contribution in [2.75, 3.05) is 13.1 Å². The molecule has 0 aliphatic rings. The molecule has 33 heavy (non-hydrogen) atoms. The van der Waals surface area contributed by atoms with Gasteiger partial charge in [0.15, 0.2) is 0 Å². The highest BCUT2D eigenvalue weighted by Crippen LogP contribution is 2.24. The van der Waals surface area contributed by atoms with Crippen LogP contribution < -0.4 is 10.9 Å². The molecule has 0 bridgehead atoms. The van der Waals surface area contributed by atoms with Crippen molar-refractivity contribution >= 4 is 26.8 Å². The molecule has 7 nitrogen and oxygen atoms in total. The first kappa shape index (κ1) is 24.7. The van der Waals surface area contributed by atoms with E-state index < -0.39 is 21.5 Å². The minimum absolute atomic E-state index is 0.117. The topological polar surface area (TPSA) is 99.3 Å². The van der Waals surface area contributed by atoms with E-state index in [4.69, 9.17) is 0 Å². The van der Waals surface area contributed by atoms with Gasteiger partial charge in [-0.05, 0) is 36.6 Å². The maximum atomic E-state index is 13.4. The van der Waals surface area contributed by atoms with Crippen LogP contribution in [-0.2, 0) is 16.6 Å². The summed E-state index contributed by atoms with van der Waals surface area (Å²) >= 11 is 0. The van der Waals surface area contributed by atoms with Gasteiger partial charge in [-0.1, -0.05) is 57.0 Å². The first-order chi connectivity index (χ1) is 15.9. The van der Waals surface area contributed by atoms with Gasteiger partial charge in [-0.2, -0.15) is 4.31 Å². The van der Waals surface area contributed by atoms with Crippen LogP contribution in [0.1, 0.15) is 55.5 Å². The summed E-state index contributed by atoms with van der Waals surface area (Å²) in [6.45, 7) is 5.25. The normalized spacial score (nSPS) is 11.7. The zero-order chi connectivity index (χ0) is 23.8. The molecule has 176 valence electrons. The Morgan fingerprint density at radius 2 is 1.64 bits per heavy atom. The number of H-pyrrole nitrogens is 1. The van der Waals surface area contributed by atoms with Crippen LogP contribution in [0.15, 0.2) is 64.3 Å². The number of unbranched alkanes of at least 4 members (excludes halogenated alkanes) is 2. The number of sulfonamides is 1. The molecule has 0 spiro atoms. The van der Waals surface area contributed by atoms with Gasteiger partial charge >= 0.3 is 0 Å². The molecular weight excluding hydrogens is 438 g/mol. The SMILES string of the molecule is CCCCN(CCCC)S(=O)(=O)c1ccc2[nH]c(=O)cc(C(=O)NCc3ccccc3)c2c1. The van der Waals surface area contributed by atoms with E-state index >= 15 is 0 Å². The highest BCUT2D eigenvalue weighted by atomic mass is 32.2. The summed E-state index contributed by atoms with van der Waals surface area (Å²) in [5, 5.41) is 3.22. The van der Waals surface area contributed by atoms with Crippen molar-refractivity contribution in [1.82, 2.24) is 14.6 Å². The number of benzene rings is 2. The lowest BCUT2D eigenvalue weighted by molar-refractivity contribution is 0.0952. The lowest BCUT2D eigenvalue weighted by Crippen LogP contribution is -2.33. The van der Waals surface area contributed by atoms with Crippen LogP contribution in [0.4, 0.5) is 0 Å². The lowest BCUT2D eigenvalue weighted by Gasteiger charge is -2.22. The van der Waals surface area contributed by atoms with E-state index in [2.05, 4.69) is 10.3 Å². The van der Waals surface area contributed by atoms with Crippen LogP contribution in [0.25, 0.3) is 10.9 Å². The van der Waals surface area contributed by atoms with Crippen molar-refractivity contribution in [2.24, 2.45) is 0 Å². The fourth-order valence-corrected chi connectivity index (χ4v) is 5.17. The third kappa shape index (κ3) is 6.09. The van der Waals surface area contributed by atoms with Gasteiger partial charge in [-0.3, -0.25) is 9.59 Å². The van der Waals surface area contributed by atoms with E-state index in [1.54, 1.807) is 6.07 Å². The predicted molar refractivity (Wildman–Crippen MR) is 131 cm³/mol. The number of hydrogen-bond acceptors (Lipinski definition) is 4. The molecule has 0 saturated heterocycles. The molecule has 0 aliphatic heterocycles. The molecule has 0 aliphatic carbocycles. The number of carbonyl (C=O) groups excluding carboxylic acids is 1. The Bertz CT molecular complexity index is 1250. The second-order valence-corrected chi connectivity index (χ2v) is 9.97. The van der Waals surface area contributed by atoms with E-state index in [0.29, 0.717) is 30.5 Å². The molecule has 0 unspecified atom stereocenters. The molecule has 0 saturated carbocycles. The van der Waals surface area contributed by atoms with Crippen molar-refractivity contribution < 1.29 is 13.2 Å². The van der Waals surface area contributed by atoms with Gasteiger partial charge in [0, 0.05) is 36.6 Å². The van der Waals surface area contributed by atoms with Gasteiger partial charge < -0.3 is 10.3 Å². The van der Waals surface area contributed by atoms with Gasteiger partial charge in [-0.15, -0.1) is 0 Å². The molecular formula is C25H31N3O4S. The average molecular weight is 470 g/mol. The number of aromatic amines is 1. The summed E-state index contributed by atoms with van der Waals surface area (Å²) in [5.41, 5.74) is 1.07. The van der Waals surface area contributed by atoms with Gasteiger partial charge in [-0.25, -0.2) is 8.42 Å². The monoisotopic (exact) mass is 469 g/mol. The molecule has 8 heteroatoms. The van der Waals surface area contributed by atoms with Crippen LogP contribution in [-0.4, -0.2) is 36.7 Å². The average Bonchev–Trinajstić information content (AvgIpc) is 2.82. The van der Waals surface area contributed by atoms with E-state index in [-0.39, 0.29) is 10.5 Å². The van der Waals surface area contributed by atoms with Crippen molar-refractivity contribution in [3.8, 4) is 0 Å². The Balaban J connectivity index is 1.97. The summed E-state index contributed by atoms with van der Waals surface area (Å²) < 4.78 is 28.3. The van der Waals surface area contributed by atoms with Crippen LogP contribution in [0.3, 0.4) is 0 Å². The summed E-state index contributed by atoms with van der Waals surface area (Å²) in [6.07, 6.45) is 3.33. The first-order valence-corrected chi connectivity index (χ1v) is 12.8. The van der Waals surface area contributed by atoms with Gasteiger partial charge in [0.2, 0.25) is 15.6 Å². The highest BCUT2D eigenvalue weighted by molar-refractivity contribution is 7.89. The van der Waals surface area contributed by atoms with Crippen molar-refractivity contribution in [3.63, 3.8) is 0 Å². The van der Waals surface area contributed by atoms with E-state index in [1.165, 1.54) is 22.5 Å². The molecule has 1 heterocycles. The third-order valence-corrected chi connectivity index (χ3v) is 7.41. The zero-order valence-corrected chi connectivity index (χ0v) is 20.0. The Labute approximate surface area is 194 Å². The number of nitrogens with zero attached hydrogens (tertiary/aromatic N) is 1. The highest BCUT2D eigenvalue weighted by Gasteiger charge is 2.25.